The fourth-order valence-corrected chi connectivity index (χ4v) is 11.1. The summed E-state index contributed by atoms with van der Waals surface area (Å²) in [6.45, 7) is 10.5. The van der Waals surface area contributed by atoms with Crippen LogP contribution in [-0.2, 0) is 9.59 Å². The maximum atomic E-state index is 12.5. The van der Waals surface area contributed by atoms with Crippen molar-refractivity contribution in [3.63, 3.8) is 0 Å². The highest BCUT2D eigenvalue weighted by atomic mass is 16.2. The highest BCUT2D eigenvalue weighted by Gasteiger charge is 2.29. The van der Waals surface area contributed by atoms with Crippen LogP contribution in [0.2, 0.25) is 0 Å². The van der Waals surface area contributed by atoms with Gasteiger partial charge in [-0.25, -0.2) is 9.59 Å². The maximum Gasteiger partial charge on any atom is 0.315 e. The quantitative estimate of drug-likeness (QED) is 0.0338. The molecule has 436 valence electrons. The number of carbonyl (C=O) groups is 4. The van der Waals surface area contributed by atoms with Crippen LogP contribution in [0.5, 0.6) is 0 Å². The zero-order valence-electron chi connectivity index (χ0n) is 49.7. The molecule has 2 aliphatic carbocycles. The molecule has 6 N–H and O–H groups in total. The van der Waals surface area contributed by atoms with Crippen LogP contribution < -0.4 is 31.9 Å². The largest absolute Gasteiger partial charge is 0.351 e. The molecule has 0 bridgehead atoms. The van der Waals surface area contributed by atoms with Crippen LogP contribution in [0.25, 0.3) is 0 Å². The summed E-state index contributed by atoms with van der Waals surface area (Å²) in [6.07, 6.45) is 61.3. The average molecular weight is 1040 g/mol. The van der Waals surface area contributed by atoms with Crippen LogP contribution in [0, 0.1) is 0 Å². The molecule has 2 fully saturated rings. The van der Waals surface area contributed by atoms with Crippen molar-refractivity contribution in [1.82, 2.24) is 31.9 Å². The fraction of sp³-hybridized carbons (Fsp3) is 0.938. The lowest BCUT2D eigenvalue weighted by atomic mass is 9.90. The molecular weight excluding hydrogens is 917 g/mol. The molecule has 10 nitrogen and oxygen atoms in total. The van der Waals surface area contributed by atoms with Gasteiger partial charge in [-0.1, -0.05) is 285 Å². The third-order valence-corrected chi connectivity index (χ3v) is 16.0. The Kier molecular flexibility index (Phi) is 50.6. The van der Waals surface area contributed by atoms with Crippen LogP contribution in [-0.4, -0.2) is 61.1 Å². The minimum Gasteiger partial charge on any atom is -0.351 e. The Balaban J connectivity index is 0.000000741. The van der Waals surface area contributed by atoms with Crippen LogP contribution >= 0.6 is 0 Å². The molecule has 0 heterocycles. The van der Waals surface area contributed by atoms with Crippen LogP contribution in [0.1, 0.15) is 349 Å². The Labute approximate surface area is 459 Å². The third kappa shape index (κ3) is 44.6. The first kappa shape index (κ1) is 69.5. The highest BCUT2D eigenvalue weighted by Crippen LogP contribution is 2.21. The maximum absolute atomic E-state index is 12.5. The summed E-state index contributed by atoms with van der Waals surface area (Å²) in [5.74, 6) is 0.353. The zero-order chi connectivity index (χ0) is 53.6. The van der Waals surface area contributed by atoms with Crippen LogP contribution in [0.3, 0.4) is 0 Å². The molecule has 2 saturated carbocycles. The van der Waals surface area contributed by atoms with Crippen LogP contribution in [0.4, 0.5) is 9.59 Å². The van der Waals surface area contributed by atoms with Crippen molar-refractivity contribution in [1.29, 1.82) is 0 Å². The lowest BCUT2D eigenvalue weighted by Gasteiger charge is -2.33. The number of hydrogen-bond acceptors (Lipinski definition) is 4. The first-order valence-electron chi connectivity index (χ1n) is 33.0. The van der Waals surface area contributed by atoms with E-state index >= 15 is 0 Å². The first-order valence-corrected chi connectivity index (χ1v) is 33.0. The second-order valence-electron chi connectivity index (χ2n) is 23.2. The summed E-state index contributed by atoms with van der Waals surface area (Å²) in [5.41, 5.74) is 0. The summed E-state index contributed by atoms with van der Waals surface area (Å²) >= 11 is 0. The Bertz CT molecular complexity index is 1170. The predicted octanol–water partition coefficient (Wildman–Crippen LogP) is 17.9. The number of nitrogens with one attached hydrogen (secondary N) is 6. The van der Waals surface area contributed by atoms with Crippen molar-refractivity contribution >= 4 is 23.9 Å². The summed E-state index contributed by atoms with van der Waals surface area (Å²) in [4.78, 5) is 49.9. The zero-order valence-corrected chi connectivity index (χ0v) is 49.7. The molecule has 4 atom stereocenters. The van der Waals surface area contributed by atoms with E-state index in [9.17, 15) is 19.2 Å². The van der Waals surface area contributed by atoms with E-state index in [0.29, 0.717) is 12.8 Å². The second kappa shape index (κ2) is 53.9. The molecule has 10 heteroatoms. The summed E-state index contributed by atoms with van der Waals surface area (Å²) in [6, 6.07) is 0.0759. The molecule has 0 aromatic rings. The molecule has 0 aromatic heterocycles. The molecule has 0 unspecified atom stereocenters. The number of unbranched alkanes of at least 4 members (excludes halogenated alkanes) is 36. The van der Waals surface area contributed by atoms with Crippen LogP contribution in [0.15, 0.2) is 0 Å². The molecule has 74 heavy (non-hydrogen) atoms. The molecule has 6 amide bonds. The minimum absolute atomic E-state index is 0.0135. The molecule has 2 aliphatic rings. The van der Waals surface area contributed by atoms with Crippen molar-refractivity contribution < 1.29 is 19.2 Å². The Morgan fingerprint density at radius 2 is 0.473 bits per heavy atom. The van der Waals surface area contributed by atoms with Gasteiger partial charge in [-0.05, 0) is 51.4 Å². The second-order valence-corrected chi connectivity index (χ2v) is 23.2. The molecular formula is C64H126N6O4. The Morgan fingerprint density at radius 1 is 0.270 bits per heavy atom. The van der Waals surface area contributed by atoms with E-state index < -0.39 is 0 Å². The molecule has 2 rings (SSSR count). The van der Waals surface area contributed by atoms with Gasteiger partial charge in [0.1, 0.15) is 0 Å². The van der Waals surface area contributed by atoms with Crippen molar-refractivity contribution in [2.45, 2.75) is 373 Å². The predicted molar refractivity (Wildman–Crippen MR) is 318 cm³/mol. The average Bonchev–Trinajstić information content (AvgIpc) is 3.39. The standard InChI is InChI=1S/C32H64N4O2.C32H62N2O2/c1-3-5-7-9-11-13-15-17-19-23-27-33-31(37)35-29-25-21-22-26-30(29)36-32(38)34-28-24-20-18-16-14-12-10-8-6-4-2;1-3-5-7-9-11-13-15-17-19-21-27-31(35)33-29-25-23-24-26-30(29)34-32(36)28-22-20-18-16-14-12-10-8-6-4-2/h29-30H,3-28H2,1-2H3,(H2,33,35,37)(H2,34,36,38);29-30H,3-28H2,1-2H3,(H,33,35)(H,34,36)/t2*29-,30-/m11/s1. The number of rotatable bonds is 48. The van der Waals surface area contributed by atoms with Gasteiger partial charge in [0, 0.05) is 38.0 Å². The van der Waals surface area contributed by atoms with Gasteiger partial charge >= 0.3 is 12.1 Å². The number of hydrogen-bond donors (Lipinski definition) is 6. The van der Waals surface area contributed by atoms with Gasteiger partial charge in [-0.2, -0.15) is 0 Å². The summed E-state index contributed by atoms with van der Waals surface area (Å²) < 4.78 is 0. The summed E-state index contributed by atoms with van der Waals surface area (Å²) in [5, 5.41) is 18.8. The van der Waals surface area contributed by atoms with Gasteiger partial charge < -0.3 is 31.9 Å². The lowest BCUT2D eigenvalue weighted by Crippen LogP contribution is -2.56. The smallest absolute Gasteiger partial charge is 0.315 e. The molecule has 0 aliphatic heterocycles. The topological polar surface area (TPSA) is 140 Å². The number of urea groups is 2. The van der Waals surface area contributed by atoms with E-state index in [1.54, 1.807) is 0 Å². The van der Waals surface area contributed by atoms with Gasteiger partial charge in [0.2, 0.25) is 11.8 Å². The lowest BCUT2D eigenvalue weighted by molar-refractivity contribution is -0.125. The van der Waals surface area contributed by atoms with E-state index in [-0.39, 0.29) is 48.0 Å². The van der Waals surface area contributed by atoms with Crippen molar-refractivity contribution in [2.75, 3.05) is 13.1 Å². The molecule has 0 radical (unpaired) electrons. The van der Waals surface area contributed by atoms with Gasteiger partial charge in [-0.15, -0.1) is 0 Å². The van der Waals surface area contributed by atoms with Gasteiger partial charge in [-0.3, -0.25) is 9.59 Å². The molecule has 0 aromatic carbocycles. The van der Waals surface area contributed by atoms with Crippen molar-refractivity contribution in [3.05, 3.63) is 0 Å². The first-order chi connectivity index (χ1) is 36.3. The van der Waals surface area contributed by atoms with Crippen molar-refractivity contribution in [3.8, 4) is 0 Å². The Morgan fingerprint density at radius 3 is 0.716 bits per heavy atom. The monoisotopic (exact) mass is 1040 g/mol. The normalized spacial score (nSPS) is 17.5. The number of carbonyl (C=O) groups excluding carboxylic acids is 4. The van der Waals surface area contributed by atoms with E-state index in [1.807, 2.05) is 0 Å². The Hall–Kier alpha value is -2.52. The number of amides is 6. The fourth-order valence-electron chi connectivity index (χ4n) is 11.1. The van der Waals surface area contributed by atoms with Gasteiger partial charge in [0.15, 0.2) is 0 Å². The summed E-state index contributed by atoms with van der Waals surface area (Å²) in [7, 11) is 0. The van der Waals surface area contributed by atoms with E-state index in [0.717, 1.165) is 103 Å². The molecule has 0 saturated heterocycles. The SMILES string of the molecule is CCCCCCCCCCCCC(=O)N[C@@H]1CCCC[C@H]1NC(=O)CCCCCCCCCCCC.CCCCCCCCCCCCNC(=O)N[C@@H]1CCCC[C@H]1NC(=O)NCCCCCCCCCCCC. The van der Waals surface area contributed by atoms with E-state index in [4.69, 9.17) is 0 Å². The van der Waals surface area contributed by atoms with Gasteiger partial charge in [0.05, 0.1) is 12.1 Å². The van der Waals surface area contributed by atoms with E-state index in [2.05, 4.69) is 59.6 Å². The van der Waals surface area contributed by atoms with E-state index in [1.165, 1.54) is 218 Å². The third-order valence-electron chi connectivity index (χ3n) is 16.0. The minimum atomic E-state index is -0.0922. The van der Waals surface area contributed by atoms with Gasteiger partial charge in [0.25, 0.3) is 0 Å². The highest BCUT2D eigenvalue weighted by molar-refractivity contribution is 5.78. The molecule has 0 spiro atoms. The van der Waals surface area contributed by atoms with Crippen molar-refractivity contribution in [2.24, 2.45) is 0 Å².